The number of carbonyl (C=O) groups is 1. The minimum absolute atomic E-state index is 0.150. The van der Waals surface area contributed by atoms with Crippen LogP contribution in [0.1, 0.15) is 34.6 Å². The molecule has 1 aliphatic heterocycles. The van der Waals surface area contributed by atoms with Gasteiger partial charge in [-0.15, -0.1) is 0 Å². The Labute approximate surface area is 103 Å². The molecule has 0 aromatic rings. The molecule has 0 bridgehead atoms. The number of ether oxygens (including phenoxy) is 2. The molecule has 0 unspecified atom stereocenters. The zero-order chi connectivity index (χ0) is 13.1. The van der Waals surface area contributed by atoms with Crippen molar-refractivity contribution in [2.45, 2.75) is 51.9 Å². The minimum Gasteiger partial charge on any atom is -0.444 e. The van der Waals surface area contributed by atoms with Crippen molar-refractivity contribution in [3.63, 3.8) is 0 Å². The Bertz CT molecular complexity index is 267. The van der Waals surface area contributed by atoms with Crippen LogP contribution in [0.4, 0.5) is 4.79 Å². The van der Waals surface area contributed by atoms with E-state index in [1.807, 2.05) is 34.6 Å². The lowest BCUT2D eigenvalue weighted by Gasteiger charge is -2.43. The van der Waals surface area contributed by atoms with Crippen LogP contribution < -0.4 is 10.6 Å². The standard InChI is InChI=1S/C12H24N2O3/c1-9(2)16-12(6-13-7-12)8-14-10(15)17-11(3,4)5/h9,13H,6-8H2,1-5H3,(H,14,15). The molecule has 1 fully saturated rings. The van der Waals surface area contributed by atoms with Crippen molar-refractivity contribution >= 4 is 6.09 Å². The molecule has 0 aromatic carbocycles. The highest BCUT2D eigenvalue weighted by atomic mass is 16.6. The maximum Gasteiger partial charge on any atom is 0.407 e. The van der Waals surface area contributed by atoms with Crippen LogP contribution in [0.25, 0.3) is 0 Å². The fourth-order valence-electron chi connectivity index (χ4n) is 1.70. The fraction of sp³-hybridized carbons (Fsp3) is 0.917. The van der Waals surface area contributed by atoms with Gasteiger partial charge in [-0.2, -0.15) is 0 Å². The number of hydrogen-bond acceptors (Lipinski definition) is 4. The molecule has 1 saturated heterocycles. The van der Waals surface area contributed by atoms with E-state index in [1.54, 1.807) is 0 Å². The maximum absolute atomic E-state index is 11.5. The predicted octanol–water partition coefficient (Wildman–Crippen LogP) is 1.28. The van der Waals surface area contributed by atoms with Gasteiger partial charge in [0.1, 0.15) is 11.2 Å². The van der Waals surface area contributed by atoms with Gasteiger partial charge in [0.25, 0.3) is 0 Å². The van der Waals surface area contributed by atoms with E-state index in [4.69, 9.17) is 9.47 Å². The molecule has 0 spiro atoms. The summed E-state index contributed by atoms with van der Waals surface area (Å²) in [5.41, 5.74) is -0.737. The summed E-state index contributed by atoms with van der Waals surface area (Å²) in [4.78, 5) is 11.5. The maximum atomic E-state index is 11.5. The van der Waals surface area contributed by atoms with Gasteiger partial charge in [0, 0.05) is 13.1 Å². The van der Waals surface area contributed by atoms with Crippen LogP contribution in [0.5, 0.6) is 0 Å². The molecule has 17 heavy (non-hydrogen) atoms. The predicted molar refractivity (Wildman–Crippen MR) is 66.1 cm³/mol. The lowest BCUT2D eigenvalue weighted by molar-refractivity contribution is -0.108. The first-order chi connectivity index (χ1) is 7.72. The molecule has 0 atom stereocenters. The number of rotatable bonds is 4. The second-order valence-electron chi connectivity index (χ2n) is 5.81. The lowest BCUT2D eigenvalue weighted by Crippen LogP contribution is -2.66. The highest BCUT2D eigenvalue weighted by Gasteiger charge is 2.39. The summed E-state index contributed by atoms with van der Waals surface area (Å²) in [5, 5.41) is 5.92. The normalized spacial score (nSPS) is 18.7. The largest absolute Gasteiger partial charge is 0.444 e. The van der Waals surface area contributed by atoms with Gasteiger partial charge in [0.15, 0.2) is 0 Å². The molecule has 1 amide bonds. The first-order valence-electron chi connectivity index (χ1n) is 6.08. The highest BCUT2D eigenvalue weighted by Crippen LogP contribution is 2.18. The van der Waals surface area contributed by atoms with E-state index < -0.39 is 11.7 Å². The Morgan fingerprint density at radius 3 is 2.35 bits per heavy atom. The van der Waals surface area contributed by atoms with Crippen LogP contribution in [0.2, 0.25) is 0 Å². The molecule has 0 aromatic heterocycles. The Morgan fingerprint density at radius 1 is 1.41 bits per heavy atom. The van der Waals surface area contributed by atoms with Gasteiger partial charge in [-0.05, 0) is 34.6 Å². The second kappa shape index (κ2) is 5.23. The highest BCUT2D eigenvalue weighted by molar-refractivity contribution is 5.67. The Morgan fingerprint density at radius 2 is 2.00 bits per heavy atom. The summed E-state index contributed by atoms with van der Waals surface area (Å²) >= 11 is 0. The van der Waals surface area contributed by atoms with Crippen molar-refractivity contribution in [1.29, 1.82) is 0 Å². The van der Waals surface area contributed by atoms with E-state index in [2.05, 4.69) is 10.6 Å². The smallest absolute Gasteiger partial charge is 0.407 e. The SMILES string of the molecule is CC(C)OC1(CNC(=O)OC(C)(C)C)CNC1. The van der Waals surface area contributed by atoms with E-state index in [0.29, 0.717) is 6.54 Å². The van der Waals surface area contributed by atoms with Gasteiger partial charge in [0.2, 0.25) is 0 Å². The van der Waals surface area contributed by atoms with Crippen LogP contribution in [-0.4, -0.2) is 43.0 Å². The molecule has 5 nitrogen and oxygen atoms in total. The van der Waals surface area contributed by atoms with Gasteiger partial charge in [-0.25, -0.2) is 4.79 Å². The molecule has 0 aliphatic carbocycles. The van der Waals surface area contributed by atoms with Crippen LogP contribution in [0.3, 0.4) is 0 Å². The van der Waals surface area contributed by atoms with E-state index >= 15 is 0 Å². The molecule has 1 rings (SSSR count). The summed E-state index contributed by atoms with van der Waals surface area (Å²) < 4.78 is 11.0. The van der Waals surface area contributed by atoms with Crippen LogP contribution in [0, 0.1) is 0 Å². The van der Waals surface area contributed by atoms with Gasteiger partial charge < -0.3 is 20.1 Å². The summed E-state index contributed by atoms with van der Waals surface area (Å²) in [7, 11) is 0. The average Bonchev–Trinajstić information content (AvgIpc) is 2.05. The lowest BCUT2D eigenvalue weighted by atomic mass is 9.96. The van der Waals surface area contributed by atoms with E-state index in [9.17, 15) is 4.79 Å². The molecular formula is C12H24N2O3. The van der Waals surface area contributed by atoms with E-state index in [0.717, 1.165) is 13.1 Å². The fourth-order valence-corrected chi connectivity index (χ4v) is 1.70. The number of hydrogen-bond donors (Lipinski definition) is 2. The quantitative estimate of drug-likeness (QED) is 0.782. The van der Waals surface area contributed by atoms with Crippen molar-refractivity contribution in [3.05, 3.63) is 0 Å². The van der Waals surface area contributed by atoms with Gasteiger partial charge in [-0.1, -0.05) is 0 Å². The van der Waals surface area contributed by atoms with Gasteiger partial charge in [0.05, 0.1) is 12.6 Å². The second-order valence-corrected chi connectivity index (χ2v) is 5.81. The average molecular weight is 244 g/mol. The van der Waals surface area contributed by atoms with Crippen LogP contribution in [-0.2, 0) is 9.47 Å². The molecule has 100 valence electrons. The van der Waals surface area contributed by atoms with Crippen molar-refractivity contribution in [2.75, 3.05) is 19.6 Å². The first-order valence-corrected chi connectivity index (χ1v) is 6.08. The molecule has 2 N–H and O–H groups in total. The third-order valence-electron chi connectivity index (χ3n) is 2.33. The zero-order valence-electron chi connectivity index (χ0n) is 11.4. The summed E-state index contributed by atoms with van der Waals surface area (Å²) in [6.07, 6.45) is -0.242. The van der Waals surface area contributed by atoms with Crippen LogP contribution in [0.15, 0.2) is 0 Å². The molecule has 0 saturated carbocycles. The Kier molecular flexibility index (Phi) is 4.38. The first kappa shape index (κ1) is 14.3. The van der Waals surface area contributed by atoms with Crippen LogP contribution >= 0.6 is 0 Å². The third-order valence-corrected chi connectivity index (χ3v) is 2.33. The Balaban J connectivity index is 2.35. The van der Waals surface area contributed by atoms with Crippen molar-refractivity contribution in [2.24, 2.45) is 0 Å². The van der Waals surface area contributed by atoms with Gasteiger partial charge in [-0.3, -0.25) is 0 Å². The number of amides is 1. The zero-order valence-corrected chi connectivity index (χ0v) is 11.4. The van der Waals surface area contributed by atoms with E-state index in [1.165, 1.54) is 0 Å². The third kappa shape index (κ3) is 4.91. The van der Waals surface area contributed by atoms with Crippen molar-refractivity contribution in [1.82, 2.24) is 10.6 Å². The summed E-state index contributed by atoms with van der Waals surface area (Å²) in [6, 6.07) is 0. The molecule has 1 aliphatic rings. The summed E-state index contributed by atoms with van der Waals surface area (Å²) in [5.74, 6) is 0. The number of alkyl carbamates (subject to hydrolysis) is 1. The molecular weight excluding hydrogens is 220 g/mol. The minimum atomic E-state index is -0.464. The number of nitrogens with one attached hydrogen (secondary N) is 2. The molecule has 0 radical (unpaired) electrons. The molecule has 1 heterocycles. The molecule has 5 heteroatoms. The topological polar surface area (TPSA) is 59.6 Å². The van der Waals surface area contributed by atoms with E-state index in [-0.39, 0.29) is 11.7 Å². The monoisotopic (exact) mass is 244 g/mol. The summed E-state index contributed by atoms with van der Waals surface area (Å²) in [6.45, 7) is 11.5. The van der Waals surface area contributed by atoms with Gasteiger partial charge >= 0.3 is 6.09 Å². The van der Waals surface area contributed by atoms with Crippen molar-refractivity contribution in [3.8, 4) is 0 Å². The number of carbonyl (C=O) groups excluding carboxylic acids is 1. The van der Waals surface area contributed by atoms with Crippen molar-refractivity contribution < 1.29 is 14.3 Å². The Hall–Kier alpha value is -0.810.